The second kappa shape index (κ2) is 5.80. The molecule has 1 saturated heterocycles. The Morgan fingerprint density at radius 2 is 1.92 bits per heavy atom. The average Bonchev–Trinajstić information content (AvgIpc) is 3.20. The van der Waals surface area contributed by atoms with Gasteiger partial charge in [0, 0.05) is 51.9 Å². The van der Waals surface area contributed by atoms with Gasteiger partial charge in [0.1, 0.15) is 0 Å². The molecule has 0 saturated carbocycles. The Kier molecular flexibility index (Phi) is 3.53. The fraction of sp³-hybridized carbons (Fsp3) is 0.286. The molecule has 3 atom stereocenters. The number of nitrogens with zero attached hydrogens (tertiary/aromatic N) is 2. The normalized spacial score (nSPS) is 22.2. The molecule has 2 bridgehead atoms. The monoisotopic (exact) mass is 361 g/mol. The molecule has 3 aromatic rings. The van der Waals surface area contributed by atoms with Crippen LogP contribution in [0.2, 0.25) is 0 Å². The summed E-state index contributed by atoms with van der Waals surface area (Å²) in [6.07, 6.45) is 3.49. The highest BCUT2D eigenvalue weighted by Crippen LogP contribution is 2.42. The van der Waals surface area contributed by atoms with Gasteiger partial charge in [-0.3, -0.25) is 0 Å². The molecular formula is C21H19N3OS. The van der Waals surface area contributed by atoms with Gasteiger partial charge >= 0.3 is 0 Å². The van der Waals surface area contributed by atoms with Crippen LogP contribution >= 0.6 is 0 Å². The van der Waals surface area contributed by atoms with Crippen molar-refractivity contribution < 1.29 is 4.21 Å². The molecule has 3 unspecified atom stereocenters. The summed E-state index contributed by atoms with van der Waals surface area (Å²) in [4.78, 5) is 1.54. The van der Waals surface area contributed by atoms with E-state index >= 15 is 0 Å². The molecule has 2 aromatic carbocycles. The van der Waals surface area contributed by atoms with Crippen LogP contribution in [0.15, 0.2) is 52.3 Å². The van der Waals surface area contributed by atoms with E-state index in [2.05, 4.69) is 35.1 Å². The van der Waals surface area contributed by atoms with Crippen LogP contribution < -0.4 is 5.32 Å². The minimum atomic E-state index is -1.25. The molecule has 3 heterocycles. The number of benzene rings is 2. The van der Waals surface area contributed by atoms with Crippen LogP contribution in [-0.4, -0.2) is 14.8 Å². The molecule has 4 nitrogen and oxygen atoms in total. The highest BCUT2D eigenvalue weighted by molar-refractivity contribution is 7.85. The predicted octanol–water partition coefficient (Wildman–Crippen LogP) is 3.57. The lowest BCUT2D eigenvalue weighted by molar-refractivity contribution is 0.503. The number of aromatic nitrogens is 1. The maximum atomic E-state index is 13.0. The summed E-state index contributed by atoms with van der Waals surface area (Å²) in [5.74, 6) is 0. The average molecular weight is 361 g/mol. The molecule has 1 aromatic heterocycles. The molecular weight excluding hydrogens is 342 g/mol. The summed E-state index contributed by atoms with van der Waals surface area (Å²) in [6.45, 7) is 0. The summed E-state index contributed by atoms with van der Waals surface area (Å²) >= 11 is 0. The number of nitriles is 1. The van der Waals surface area contributed by atoms with E-state index in [0.29, 0.717) is 17.6 Å². The van der Waals surface area contributed by atoms with Crippen molar-refractivity contribution in [2.24, 2.45) is 7.05 Å². The number of hydrogen-bond donors (Lipinski definition) is 1. The zero-order valence-electron chi connectivity index (χ0n) is 14.5. The van der Waals surface area contributed by atoms with Crippen molar-refractivity contribution >= 4 is 21.7 Å². The molecule has 0 aliphatic carbocycles. The van der Waals surface area contributed by atoms with Crippen LogP contribution in [0.25, 0.3) is 10.9 Å². The highest BCUT2D eigenvalue weighted by atomic mass is 32.2. The summed E-state index contributed by atoms with van der Waals surface area (Å²) < 4.78 is 15.3. The molecule has 5 heteroatoms. The van der Waals surface area contributed by atoms with Gasteiger partial charge in [0.2, 0.25) is 0 Å². The lowest BCUT2D eigenvalue weighted by Crippen LogP contribution is -2.32. The molecule has 2 aliphatic rings. The third kappa shape index (κ3) is 2.26. The molecule has 130 valence electrons. The van der Waals surface area contributed by atoms with Gasteiger partial charge in [0.05, 0.1) is 22.4 Å². The van der Waals surface area contributed by atoms with Gasteiger partial charge in [-0.15, -0.1) is 0 Å². The van der Waals surface area contributed by atoms with E-state index in [-0.39, 0.29) is 0 Å². The topological polar surface area (TPSA) is 57.8 Å². The largest absolute Gasteiger partial charge is 0.347 e. The van der Waals surface area contributed by atoms with Gasteiger partial charge in [-0.2, -0.15) is 5.26 Å². The van der Waals surface area contributed by atoms with E-state index in [0.717, 1.165) is 16.2 Å². The van der Waals surface area contributed by atoms with E-state index in [1.54, 1.807) is 24.3 Å². The lowest BCUT2D eigenvalue weighted by Gasteiger charge is -2.23. The number of fused-ring (bicyclic) bond motifs is 6. The van der Waals surface area contributed by atoms with E-state index in [1.165, 1.54) is 35.0 Å². The Balaban J connectivity index is 1.62. The molecule has 26 heavy (non-hydrogen) atoms. The quantitative estimate of drug-likeness (QED) is 0.759. The summed E-state index contributed by atoms with van der Waals surface area (Å²) in [5, 5.41) is 13.9. The van der Waals surface area contributed by atoms with Crippen LogP contribution in [0.3, 0.4) is 0 Å². The Morgan fingerprint density at radius 1 is 1.15 bits per heavy atom. The Hall–Kier alpha value is -2.42. The van der Waals surface area contributed by atoms with Gasteiger partial charge in [-0.05, 0) is 60.9 Å². The van der Waals surface area contributed by atoms with E-state index in [1.807, 2.05) is 6.07 Å². The lowest BCUT2D eigenvalue weighted by atomic mass is 9.99. The van der Waals surface area contributed by atoms with Crippen LogP contribution in [0.1, 0.15) is 35.7 Å². The Labute approximate surface area is 154 Å². The van der Waals surface area contributed by atoms with Gasteiger partial charge in [0.25, 0.3) is 0 Å². The van der Waals surface area contributed by atoms with E-state index in [4.69, 9.17) is 5.26 Å². The van der Waals surface area contributed by atoms with Crippen LogP contribution in [0.5, 0.6) is 0 Å². The van der Waals surface area contributed by atoms with Gasteiger partial charge in [-0.1, -0.05) is 0 Å². The number of hydrogen-bond acceptors (Lipinski definition) is 3. The first-order valence-corrected chi connectivity index (χ1v) is 10.1. The van der Waals surface area contributed by atoms with Crippen LogP contribution in [0, 0.1) is 11.3 Å². The molecule has 1 fully saturated rings. The summed E-state index contributed by atoms with van der Waals surface area (Å²) in [6, 6.07) is 16.3. The zero-order valence-corrected chi connectivity index (χ0v) is 15.3. The second-order valence-corrected chi connectivity index (χ2v) is 8.68. The van der Waals surface area contributed by atoms with Gasteiger partial charge in [-0.25, -0.2) is 4.21 Å². The maximum Gasteiger partial charge on any atom is 0.0991 e. The van der Waals surface area contributed by atoms with Crippen LogP contribution in [0.4, 0.5) is 0 Å². The van der Waals surface area contributed by atoms with E-state index in [9.17, 15) is 4.21 Å². The van der Waals surface area contributed by atoms with Crippen molar-refractivity contribution in [3.05, 3.63) is 59.3 Å². The first kappa shape index (κ1) is 15.8. The first-order chi connectivity index (χ1) is 12.7. The molecule has 2 aliphatic heterocycles. The molecule has 0 radical (unpaired) electrons. The molecule has 1 N–H and O–H groups in total. The summed E-state index contributed by atoms with van der Waals surface area (Å²) in [7, 11) is 0.896. The van der Waals surface area contributed by atoms with Crippen molar-refractivity contribution in [3.8, 4) is 6.07 Å². The Morgan fingerprint density at radius 3 is 2.69 bits per heavy atom. The number of aryl methyl sites for hydroxylation is 1. The molecule has 5 rings (SSSR count). The van der Waals surface area contributed by atoms with Gasteiger partial charge < -0.3 is 9.88 Å². The van der Waals surface area contributed by atoms with Crippen molar-refractivity contribution in [2.75, 3.05) is 0 Å². The van der Waals surface area contributed by atoms with Crippen molar-refractivity contribution in [1.82, 2.24) is 9.88 Å². The maximum absolute atomic E-state index is 13.0. The van der Waals surface area contributed by atoms with Crippen molar-refractivity contribution in [1.29, 1.82) is 5.26 Å². The van der Waals surface area contributed by atoms with Crippen molar-refractivity contribution in [3.63, 3.8) is 0 Å². The minimum absolute atomic E-state index is 0.422. The smallest absolute Gasteiger partial charge is 0.0991 e. The predicted molar refractivity (Wildman–Crippen MR) is 101 cm³/mol. The number of nitrogens with one attached hydrogen (secondary N) is 1. The van der Waals surface area contributed by atoms with Gasteiger partial charge in [0.15, 0.2) is 0 Å². The zero-order chi connectivity index (χ0) is 17.8. The molecule has 0 amide bonds. The fourth-order valence-electron chi connectivity index (χ4n) is 4.49. The Bertz CT molecular complexity index is 1090. The third-order valence-electron chi connectivity index (χ3n) is 5.78. The minimum Gasteiger partial charge on any atom is -0.347 e. The van der Waals surface area contributed by atoms with Crippen molar-refractivity contribution in [2.45, 2.75) is 41.1 Å². The first-order valence-electron chi connectivity index (χ1n) is 8.95. The second-order valence-electron chi connectivity index (χ2n) is 7.20. The summed E-state index contributed by atoms with van der Waals surface area (Å²) in [5.41, 5.74) is 4.62. The third-order valence-corrected chi connectivity index (χ3v) is 7.16. The highest BCUT2D eigenvalue weighted by Gasteiger charge is 2.35. The SMILES string of the molecule is Cn1c2c(c3cc(S(=O)c4ccc(C#N)cc4)ccc31)C1CCC(C2)N1. The standard InChI is InChI=1S/C21H19N3OS/c1-24-19-9-7-16(26(25)15-5-2-13(12-22)3-6-15)11-17(19)21-18-8-4-14(23-18)10-20(21)24/h2-3,5-7,9,11,14,18,23H,4,8,10H2,1H3. The fourth-order valence-corrected chi connectivity index (χ4v) is 5.56. The van der Waals surface area contributed by atoms with Crippen LogP contribution in [-0.2, 0) is 24.3 Å². The van der Waals surface area contributed by atoms with E-state index < -0.39 is 10.8 Å². The molecule has 0 spiro atoms. The number of rotatable bonds is 2.